The summed E-state index contributed by atoms with van der Waals surface area (Å²) in [6, 6.07) is 8.61. The number of carbonyl (C=O) groups is 3. The molecule has 0 spiro atoms. The van der Waals surface area contributed by atoms with Gasteiger partial charge >= 0.3 is 6.09 Å². The molecule has 1 aliphatic carbocycles. The first-order chi connectivity index (χ1) is 14.8. The van der Waals surface area contributed by atoms with Crippen LogP contribution in [0.2, 0.25) is 0 Å². The maximum atomic E-state index is 12.7. The SMILES string of the molecule is CCOC(=O)NC(=O)c1c(NC(=O)CS(=O)(=O)Cc2ccccc2)sc2c1CCCC2. The van der Waals surface area contributed by atoms with Gasteiger partial charge in [-0.15, -0.1) is 11.3 Å². The lowest BCUT2D eigenvalue weighted by Crippen LogP contribution is -2.32. The van der Waals surface area contributed by atoms with Crippen molar-refractivity contribution in [2.75, 3.05) is 17.7 Å². The molecule has 3 rings (SSSR count). The van der Waals surface area contributed by atoms with Crippen molar-refractivity contribution >= 4 is 44.1 Å². The molecule has 0 radical (unpaired) electrons. The topological polar surface area (TPSA) is 119 Å². The Hall–Kier alpha value is -2.72. The van der Waals surface area contributed by atoms with E-state index < -0.39 is 33.5 Å². The van der Waals surface area contributed by atoms with Crippen LogP contribution in [-0.2, 0) is 38.0 Å². The highest BCUT2D eigenvalue weighted by Crippen LogP contribution is 2.38. The van der Waals surface area contributed by atoms with E-state index in [1.165, 1.54) is 11.3 Å². The minimum absolute atomic E-state index is 0.115. The molecule has 166 valence electrons. The normalized spacial score (nSPS) is 13.2. The summed E-state index contributed by atoms with van der Waals surface area (Å²) in [7, 11) is -3.70. The Labute approximate surface area is 184 Å². The van der Waals surface area contributed by atoms with Gasteiger partial charge < -0.3 is 10.1 Å². The number of rotatable bonds is 7. The molecular weight excluding hydrogens is 440 g/mol. The minimum Gasteiger partial charge on any atom is -0.450 e. The van der Waals surface area contributed by atoms with Crippen molar-refractivity contribution in [3.63, 3.8) is 0 Å². The van der Waals surface area contributed by atoms with E-state index >= 15 is 0 Å². The highest BCUT2D eigenvalue weighted by Gasteiger charge is 2.28. The minimum atomic E-state index is -3.70. The molecule has 8 nitrogen and oxygen atoms in total. The fourth-order valence-electron chi connectivity index (χ4n) is 3.46. The predicted molar refractivity (Wildman–Crippen MR) is 118 cm³/mol. The van der Waals surface area contributed by atoms with Crippen molar-refractivity contribution in [3.8, 4) is 0 Å². The average Bonchev–Trinajstić information content (AvgIpc) is 3.05. The zero-order valence-electron chi connectivity index (χ0n) is 17.1. The molecule has 0 fully saturated rings. The van der Waals surface area contributed by atoms with Gasteiger partial charge in [0.05, 0.1) is 17.9 Å². The van der Waals surface area contributed by atoms with Gasteiger partial charge in [0.25, 0.3) is 5.91 Å². The first-order valence-electron chi connectivity index (χ1n) is 9.96. The number of alkyl carbamates (subject to hydrolysis) is 1. The van der Waals surface area contributed by atoms with Crippen LogP contribution >= 0.6 is 11.3 Å². The summed E-state index contributed by atoms with van der Waals surface area (Å²) in [5.41, 5.74) is 1.60. The Balaban J connectivity index is 1.77. The van der Waals surface area contributed by atoms with Gasteiger partial charge in [-0.05, 0) is 43.7 Å². The smallest absolute Gasteiger partial charge is 0.414 e. The summed E-state index contributed by atoms with van der Waals surface area (Å²) in [5.74, 6) is -2.35. The fourth-order valence-corrected chi connectivity index (χ4v) is 6.04. The van der Waals surface area contributed by atoms with E-state index in [4.69, 9.17) is 4.74 Å². The molecule has 1 aromatic carbocycles. The van der Waals surface area contributed by atoms with E-state index in [1.807, 2.05) is 0 Å². The zero-order valence-corrected chi connectivity index (χ0v) is 18.7. The number of sulfone groups is 1. The molecule has 1 aliphatic rings. The summed E-state index contributed by atoms with van der Waals surface area (Å²) >= 11 is 1.25. The molecule has 1 heterocycles. The number of imide groups is 1. The van der Waals surface area contributed by atoms with Crippen molar-refractivity contribution in [1.82, 2.24) is 5.32 Å². The van der Waals surface area contributed by atoms with Crippen LogP contribution in [0.5, 0.6) is 0 Å². The maximum Gasteiger partial charge on any atom is 0.414 e. The van der Waals surface area contributed by atoms with Gasteiger partial charge in [-0.2, -0.15) is 0 Å². The number of aryl methyl sites for hydroxylation is 1. The lowest BCUT2D eigenvalue weighted by molar-refractivity contribution is -0.113. The number of fused-ring (bicyclic) bond motifs is 1. The van der Waals surface area contributed by atoms with E-state index in [-0.39, 0.29) is 22.9 Å². The quantitative estimate of drug-likeness (QED) is 0.650. The molecule has 0 saturated heterocycles. The summed E-state index contributed by atoms with van der Waals surface area (Å²) in [6.45, 7) is 1.74. The van der Waals surface area contributed by atoms with E-state index in [0.717, 1.165) is 29.7 Å². The lowest BCUT2D eigenvalue weighted by Gasteiger charge is -2.13. The number of benzene rings is 1. The standard InChI is InChI=1S/C21H24N2O6S2/c1-2-29-21(26)23-19(25)18-15-10-6-7-11-16(15)30-20(18)22-17(24)13-31(27,28)12-14-8-4-3-5-9-14/h3-5,8-9H,2,6-7,10-13H2,1H3,(H,22,24)(H,23,25,26). The van der Waals surface area contributed by atoms with Crippen molar-refractivity contribution in [2.45, 2.75) is 38.4 Å². The summed E-state index contributed by atoms with van der Waals surface area (Å²) in [4.78, 5) is 37.9. The van der Waals surface area contributed by atoms with Gasteiger partial charge in [-0.3, -0.25) is 14.9 Å². The second-order valence-electron chi connectivity index (χ2n) is 7.16. The molecular formula is C21H24N2O6S2. The number of ether oxygens (including phenoxy) is 1. The van der Waals surface area contributed by atoms with Crippen molar-refractivity contribution < 1.29 is 27.5 Å². The molecule has 0 atom stereocenters. The van der Waals surface area contributed by atoms with Gasteiger partial charge in [0.2, 0.25) is 5.91 Å². The van der Waals surface area contributed by atoms with Crippen molar-refractivity contribution in [1.29, 1.82) is 0 Å². The lowest BCUT2D eigenvalue weighted by atomic mass is 9.95. The average molecular weight is 465 g/mol. The second-order valence-corrected chi connectivity index (χ2v) is 10.3. The number of nitrogens with one attached hydrogen (secondary N) is 2. The Morgan fingerprint density at radius 2 is 1.81 bits per heavy atom. The monoisotopic (exact) mass is 464 g/mol. The Morgan fingerprint density at radius 3 is 2.52 bits per heavy atom. The molecule has 2 N–H and O–H groups in total. The largest absolute Gasteiger partial charge is 0.450 e. The number of amides is 3. The van der Waals surface area contributed by atoms with Crippen LogP contribution in [0.1, 0.15) is 46.1 Å². The van der Waals surface area contributed by atoms with Crippen LogP contribution < -0.4 is 10.6 Å². The molecule has 2 aromatic rings. The van der Waals surface area contributed by atoms with E-state index in [1.54, 1.807) is 37.3 Å². The molecule has 3 amide bonds. The Kier molecular flexibility index (Phi) is 7.45. The molecule has 0 aliphatic heterocycles. The van der Waals surface area contributed by atoms with Crippen LogP contribution in [0.25, 0.3) is 0 Å². The highest BCUT2D eigenvalue weighted by atomic mass is 32.2. The van der Waals surface area contributed by atoms with Crippen LogP contribution in [0, 0.1) is 0 Å². The van der Waals surface area contributed by atoms with Gasteiger partial charge in [-0.25, -0.2) is 13.2 Å². The summed E-state index contributed by atoms with van der Waals surface area (Å²) in [5, 5.41) is 5.01. The number of carbonyl (C=O) groups excluding carboxylic acids is 3. The molecule has 0 saturated carbocycles. The first kappa shape index (κ1) is 23.0. The van der Waals surface area contributed by atoms with Gasteiger partial charge in [0.15, 0.2) is 9.84 Å². The molecule has 1 aromatic heterocycles. The molecule has 31 heavy (non-hydrogen) atoms. The van der Waals surface area contributed by atoms with E-state index in [2.05, 4.69) is 10.6 Å². The third kappa shape index (κ3) is 6.14. The summed E-state index contributed by atoms with van der Waals surface area (Å²) < 4.78 is 29.6. The maximum absolute atomic E-state index is 12.7. The highest BCUT2D eigenvalue weighted by molar-refractivity contribution is 7.91. The van der Waals surface area contributed by atoms with Crippen LogP contribution in [0.3, 0.4) is 0 Å². The second kappa shape index (κ2) is 10.1. The van der Waals surface area contributed by atoms with Crippen molar-refractivity contribution in [3.05, 3.63) is 51.9 Å². The first-order valence-corrected chi connectivity index (χ1v) is 12.6. The van der Waals surface area contributed by atoms with Crippen LogP contribution in [0.15, 0.2) is 30.3 Å². The third-order valence-corrected chi connectivity index (χ3v) is 7.41. The van der Waals surface area contributed by atoms with E-state index in [9.17, 15) is 22.8 Å². The Morgan fingerprint density at radius 1 is 1.10 bits per heavy atom. The third-order valence-electron chi connectivity index (χ3n) is 4.72. The predicted octanol–water partition coefficient (Wildman–Crippen LogP) is 3.07. The fraction of sp³-hybridized carbons (Fsp3) is 0.381. The van der Waals surface area contributed by atoms with E-state index in [0.29, 0.717) is 12.0 Å². The summed E-state index contributed by atoms with van der Waals surface area (Å²) in [6.07, 6.45) is 2.40. The zero-order chi connectivity index (χ0) is 22.4. The Bertz CT molecular complexity index is 1080. The molecule has 0 bridgehead atoms. The van der Waals surface area contributed by atoms with Gasteiger partial charge in [-0.1, -0.05) is 30.3 Å². The number of thiophene rings is 1. The molecule has 10 heteroatoms. The number of anilines is 1. The van der Waals surface area contributed by atoms with Gasteiger partial charge in [0, 0.05) is 4.88 Å². The number of hydrogen-bond acceptors (Lipinski definition) is 7. The van der Waals surface area contributed by atoms with Gasteiger partial charge in [0.1, 0.15) is 10.8 Å². The number of hydrogen-bond donors (Lipinski definition) is 2. The van der Waals surface area contributed by atoms with Crippen LogP contribution in [0.4, 0.5) is 9.80 Å². The molecule has 0 unspecified atom stereocenters. The van der Waals surface area contributed by atoms with Crippen molar-refractivity contribution in [2.24, 2.45) is 0 Å². The van der Waals surface area contributed by atoms with Crippen LogP contribution in [-0.4, -0.2) is 38.7 Å².